The van der Waals surface area contributed by atoms with E-state index in [0.29, 0.717) is 0 Å². The summed E-state index contributed by atoms with van der Waals surface area (Å²) in [5.74, 6) is 1.38. The van der Waals surface area contributed by atoms with Gasteiger partial charge in [0.25, 0.3) is 0 Å². The van der Waals surface area contributed by atoms with Gasteiger partial charge in [-0.1, -0.05) is 50.2 Å². The fraction of sp³-hybridized carbons (Fsp3) is 0.500. The summed E-state index contributed by atoms with van der Waals surface area (Å²) in [5.41, 5.74) is 4.30. The second-order valence-electron chi connectivity index (χ2n) is 9.63. The topological polar surface area (TPSA) is 48.1 Å². The van der Waals surface area contributed by atoms with Gasteiger partial charge in [0.2, 0.25) is 5.95 Å². The van der Waals surface area contributed by atoms with Crippen molar-refractivity contribution in [2.75, 3.05) is 37.6 Å². The summed E-state index contributed by atoms with van der Waals surface area (Å²) in [5, 5.41) is 10.3. The zero-order valence-corrected chi connectivity index (χ0v) is 20.6. The van der Waals surface area contributed by atoms with E-state index in [2.05, 4.69) is 96.7 Å². The van der Waals surface area contributed by atoms with E-state index in [9.17, 15) is 5.26 Å². The Bertz CT molecular complexity index is 1120. The van der Waals surface area contributed by atoms with Crippen molar-refractivity contribution in [3.63, 3.8) is 0 Å². The van der Waals surface area contributed by atoms with E-state index in [-0.39, 0.29) is 5.92 Å². The highest BCUT2D eigenvalue weighted by Gasteiger charge is 2.36. The maximum Gasteiger partial charge on any atom is 0.206 e. The number of imidazole rings is 1. The van der Waals surface area contributed by atoms with Crippen LogP contribution in [0.4, 0.5) is 5.95 Å². The minimum Gasteiger partial charge on any atom is -0.340 e. The molecular formula is C28H37N5. The van der Waals surface area contributed by atoms with Crippen LogP contribution < -0.4 is 4.90 Å². The van der Waals surface area contributed by atoms with E-state index in [1.165, 1.54) is 16.6 Å². The summed E-state index contributed by atoms with van der Waals surface area (Å²) in [6, 6.07) is 19.6. The van der Waals surface area contributed by atoms with Crippen LogP contribution in [0.2, 0.25) is 0 Å². The Morgan fingerprint density at radius 3 is 2.39 bits per heavy atom. The molecule has 1 saturated heterocycles. The second kappa shape index (κ2) is 9.97. The quantitative estimate of drug-likeness (QED) is 0.469. The minimum absolute atomic E-state index is 0.280. The molecule has 5 heteroatoms. The molecule has 0 radical (unpaired) electrons. The predicted octanol–water partition coefficient (Wildman–Crippen LogP) is 5.38. The number of nitrogens with zero attached hydrogens (tertiary/aromatic N) is 5. The zero-order valence-electron chi connectivity index (χ0n) is 20.6. The largest absolute Gasteiger partial charge is 0.340 e. The molecule has 1 atom stereocenters. The average molecular weight is 444 g/mol. The van der Waals surface area contributed by atoms with Crippen LogP contribution in [0.5, 0.6) is 0 Å². The van der Waals surface area contributed by atoms with Crippen molar-refractivity contribution in [3.8, 4) is 6.07 Å². The fourth-order valence-electron chi connectivity index (χ4n) is 5.42. The number of hydrogen-bond donors (Lipinski definition) is 0. The van der Waals surface area contributed by atoms with Crippen LogP contribution >= 0.6 is 0 Å². The third-order valence-corrected chi connectivity index (χ3v) is 7.46. The van der Waals surface area contributed by atoms with Crippen LogP contribution in [0.25, 0.3) is 11.0 Å². The molecule has 5 nitrogen and oxygen atoms in total. The molecule has 33 heavy (non-hydrogen) atoms. The van der Waals surface area contributed by atoms with E-state index in [0.717, 1.165) is 63.6 Å². The highest BCUT2D eigenvalue weighted by molar-refractivity contribution is 5.78. The lowest BCUT2D eigenvalue weighted by Gasteiger charge is -2.37. The highest BCUT2D eigenvalue weighted by Crippen LogP contribution is 2.38. The number of rotatable bonds is 8. The molecule has 1 aliphatic heterocycles. The molecule has 1 aromatic heterocycles. The van der Waals surface area contributed by atoms with Crippen LogP contribution in [-0.2, 0) is 12.0 Å². The lowest BCUT2D eigenvalue weighted by atomic mass is 9.68. The Morgan fingerprint density at radius 1 is 1.03 bits per heavy atom. The first-order chi connectivity index (χ1) is 16.0. The molecule has 174 valence electrons. The molecule has 1 fully saturated rings. The lowest BCUT2D eigenvalue weighted by Crippen LogP contribution is -2.47. The van der Waals surface area contributed by atoms with Gasteiger partial charge in [0.05, 0.1) is 22.5 Å². The van der Waals surface area contributed by atoms with Gasteiger partial charge in [-0.3, -0.25) is 4.90 Å². The van der Waals surface area contributed by atoms with Crippen molar-refractivity contribution in [1.29, 1.82) is 5.26 Å². The van der Waals surface area contributed by atoms with Crippen LogP contribution in [0.3, 0.4) is 0 Å². The van der Waals surface area contributed by atoms with Gasteiger partial charge in [-0.25, -0.2) is 4.98 Å². The Morgan fingerprint density at radius 2 is 1.73 bits per heavy atom. The summed E-state index contributed by atoms with van der Waals surface area (Å²) in [4.78, 5) is 9.92. The van der Waals surface area contributed by atoms with Gasteiger partial charge in [0.15, 0.2) is 0 Å². The monoisotopic (exact) mass is 443 g/mol. The third-order valence-electron chi connectivity index (χ3n) is 7.46. The number of anilines is 1. The normalized spacial score (nSPS) is 16.8. The van der Waals surface area contributed by atoms with Gasteiger partial charge in [-0.05, 0) is 62.4 Å². The minimum atomic E-state index is -0.418. The van der Waals surface area contributed by atoms with Crippen molar-refractivity contribution in [1.82, 2.24) is 14.5 Å². The van der Waals surface area contributed by atoms with Crippen LogP contribution in [0.1, 0.15) is 44.7 Å². The summed E-state index contributed by atoms with van der Waals surface area (Å²) >= 11 is 0. The molecule has 0 saturated carbocycles. The molecule has 0 spiro atoms. The molecule has 0 N–H and O–H groups in total. The number of aromatic nitrogens is 2. The SMILES string of the molecule is CCn1c(N2CCN(CCCC(C#N)(c3ccccc3C)C(C)C)CC2)nc2ccccc21. The van der Waals surface area contributed by atoms with Crippen molar-refractivity contribution >= 4 is 17.0 Å². The Kier molecular flexibility index (Phi) is 7.05. The van der Waals surface area contributed by atoms with Gasteiger partial charge in [-0.2, -0.15) is 5.26 Å². The lowest BCUT2D eigenvalue weighted by molar-refractivity contribution is 0.237. The molecule has 2 heterocycles. The van der Waals surface area contributed by atoms with E-state index in [4.69, 9.17) is 4.98 Å². The Hall–Kier alpha value is -2.84. The van der Waals surface area contributed by atoms with E-state index >= 15 is 0 Å². The van der Waals surface area contributed by atoms with Crippen LogP contribution in [-0.4, -0.2) is 47.2 Å². The molecule has 1 unspecified atom stereocenters. The third kappa shape index (κ3) is 4.50. The highest BCUT2D eigenvalue weighted by atomic mass is 15.4. The van der Waals surface area contributed by atoms with Crippen molar-refractivity contribution in [2.24, 2.45) is 5.92 Å². The smallest absolute Gasteiger partial charge is 0.206 e. The van der Waals surface area contributed by atoms with E-state index in [1.54, 1.807) is 0 Å². The van der Waals surface area contributed by atoms with Gasteiger partial charge in [0, 0.05) is 32.7 Å². The summed E-state index contributed by atoms with van der Waals surface area (Å²) in [6.45, 7) is 14.7. The number of benzene rings is 2. The first-order valence-corrected chi connectivity index (χ1v) is 12.4. The van der Waals surface area contributed by atoms with Crippen LogP contribution in [0.15, 0.2) is 48.5 Å². The number of piperazine rings is 1. The number of fused-ring (bicyclic) bond motifs is 1. The van der Waals surface area contributed by atoms with Gasteiger partial charge < -0.3 is 9.47 Å². The number of para-hydroxylation sites is 2. The molecule has 3 aromatic rings. The molecule has 0 aliphatic carbocycles. The molecule has 0 amide bonds. The molecule has 1 aliphatic rings. The maximum atomic E-state index is 10.3. The molecule has 2 aromatic carbocycles. The first kappa shape index (κ1) is 23.3. The Balaban J connectivity index is 1.38. The Labute approximate surface area is 198 Å². The summed E-state index contributed by atoms with van der Waals surface area (Å²) in [7, 11) is 0. The van der Waals surface area contributed by atoms with Gasteiger partial charge in [0.1, 0.15) is 0 Å². The van der Waals surface area contributed by atoms with Crippen molar-refractivity contribution < 1.29 is 0 Å². The average Bonchev–Trinajstić information content (AvgIpc) is 3.21. The number of hydrogen-bond acceptors (Lipinski definition) is 4. The number of aryl methyl sites for hydroxylation is 2. The van der Waals surface area contributed by atoms with Gasteiger partial charge in [-0.15, -0.1) is 0 Å². The van der Waals surface area contributed by atoms with E-state index in [1.807, 2.05) is 0 Å². The van der Waals surface area contributed by atoms with Crippen molar-refractivity contribution in [2.45, 2.75) is 52.5 Å². The fourth-order valence-corrected chi connectivity index (χ4v) is 5.42. The van der Waals surface area contributed by atoms with E-state index < -0.39 is 5.41 Å². The second-order valence-corrected chi connectivity index (χ2v) is 9.63. The van der Waals surface area contributed by atoms with Gasteiger partial charge >= 0.3 is 0 Å². The standard InChI is InChI=1S/C28H37N5/c1-5-33-26-14-9-8-13-25(26)30-27(33)32-19-17-31(18-20-32)16-10-15-28(21-29,22(2)3)24-12-7-6-11-23(24)4/h6-9,11-14,22H,5,10,15-20H2,1-4H3. The number of nitriles is 1. The predicted molar refractivity (Wildman–Crippen MR) is 137 cm³/mol. The molecule has 4 rings (SSSR count). The first-order valence-electron chi connectivity index (χ1n) is 12.4. The summed E-state index contributed by atoms with van der Waals surface area (Å²) in [6.07, 6.45) is 1.94. The zero-order chi connectivity index (χ0) is 23.4. The summed E-state index contributed by atoms with van der Waals surface area (Å²) < 4.78 is 2.33. The molecule has 0 bridgehead atoms. The van der Waals surface area contributed by atoms with Crippen LogP contribution in [0, 0.1) is 24.2 Å². The maximum absolute atomic E-state index is 10.3. The van der Waals surface area contributed by atoms with Crippen molar-refractivity contribution in [3.05, 3.63) is 59.7 Å². The molecular weight excluding hydrogens is 406 g/mol.